The molecule has 0 saturated carbocycles. The molecule has 0 fully saturated rings. The summed E-state index contributed by atoms with van der Waals surface area (Å²) in [7, 11) is 1.68. The first-order valence-electron chi connectivity index (χ1n) is 5.77. The molecule has 0 amide bonds. The number of methoxy groups -OCH3 is 1. The monoisotopic (exact) mass is 430 g/mol. The Morgan fingerprint density at radius 2 is 1.89 bits per heavy atom. The second kappa shape index (κ2) is 5.57. The summed E-state index contributed by atoms with van der Waals surface area (Å²) < 4.78 is 14.8. The van der Waals surface area contributed by atoms with Crippen molar-refractivity contribution in [2.75, 3.05) is 7.11 Å². The van der Waals surface area contributed by atoms with Crippen LogP contribution in [0.15, 0.2) is 52.9 Å². The summed E-state index contributed by atoms with van der Waals surface area (Å²) >= 11 is 2.56. The van der Waals surface area contributed by atoms with Crippen LogP contribution in [0.3, 0.4) is 0 Å². The minimum absolute atomic E-state index is 0.198. The molecule has 0 aliphatic carbocycles. The van der Waals surface area contributed by atoms with Gasteiger partial charge in [0, 0.05) is 0 Å². The van der Waals surface area contributed by atoms with Gasteiger partial charge in [0.05, 0.1) is 0 Å². The molecule has 1 aromatic heterocycles. The molecule has 4 heteroatoms. The van der Waals surface area contributed by atoms with Crippen LogP contribution in [-0.4, -0.2) is 22.1 Å². The first-order chi connectivity index (χ1) is 9.28. The molecule has 0 bridgehead atoms. The number of ether oxygens (including phenoxy) is 1. The van der Waals surface area contributed by atoms with Crippen molar-refractivity contribution in [2.24, 2.45) is 0 Å². The molecule has 1 heterocycles. The fraction of sp³-hybridized carbons (Fsp3) is 0.0667. The molecule has 0 N–H and O–H groups in total. The first-order valence-corrected chi connectivity index (χ1v) is 8.56. The van der Waals surface area contributed by atoms with Crippen molar-refractivity contribution in [3.05, 3.63) is 52.1 Å². The van der Waals surface area contributed by atoms with Crippen molar-refractivity contribution in [2.45, 2.75) is 0 Å². The molecular formula is C15H11IO2Se. The van der Waals surface area contributed by atoms with Crippen LogP contribution in [-0.2, 0) is 0 Å². The number of hydrogen-bond acceptors (Lipinski definition) is 2. The Hall–Kier alpha value is -0.971. The van der Waals surface area contributed by atoms with E-state index in [4.69, 9.17) is 9.15 Å². The number of hydrogen-bond donors (Lipinski definition) is 0. The molecule has 0 aliphatic rings. The van der Waals surface area contributed by atoms with Gasteiger partial charge >= 0.3 is 132 Å². The zero-order valence-corrected chi connectivity index (χ0v) is 14.1. The van der Waals surface area contributed by atoms with Gasteiger partial charge in [0.1, 0.15) is 0 Å². The van der Waals surface area contributed by atoms with E-state index < -0.39 is 0 Å². The maximum atomic E-state index is 5.97. The van der Waals surface area contributed by atoms with E-state index in [-0.39, 0.29) is 15.0 Å². The van der Waals surface area contributed by atoms with Gasteiger partial charge in [-0.2, -0.15) is 0 Å². The van der Waals surface area contributed by atoms with Crippen LogP contribution < -0.4 is 13.9 Å². The molecule has 2 aromatic carbocycles. The van der Waals surface area contributed by atoms with Crippen LogP contribution >= 0.6 is 22.6 Å². The summed E-state index contributed by atoms with van der Waals surface area (Å²) in [6.45, 7) is 0. The van der Waals surface area contributed by atoms with E-state index >= 15 is 0 Å². The Kier molecular flexibility index (Phi) is 3.82. The van der Waals surface area contributed by atoms with E-state index in [1.165, 1.54) is 8.03 Å². The average Bonchev–Trinajstić information content (AvgIpc) is 2.76. The second-order valence-electron chi connectivity index (χ2n) is 3.98. The summed E-state index contributed by atoms with van der Waals surface area (Å²) in [6.07, 6.45) is 0. The normalized spacial score (nSPS) is 10.8. The van der Waals surface area contributed by atoms with E-state index in [1.807, 2.05) is 24.3 Å². The number of benzene rings is 2. The fourth-order valence-electron chi connectivity index (χ4n) is 1.81. The molecule has 0 aliphatic heterocycles. The standard InChI is InChI=1S/C15H11IO2Se/c1-17-10-7-8-13-12(9-10)14(16)15(18-13)19-11-5-3-2-4-6-11/h2-9H,1H3. The zero-order valence-electron chi connectivity index (χ0n) is 10.2. The van der Waals surface area contributed by atoms with Gasteiger partial charge in [-0.3, -0.25) is 0 Å². The molecule has 0 spiro atoms. The third-order valence-corrected chi connectivity index (χ3v) is 6.71. The van der Waals surface area contributed by atoms with Crippen LogP contribution in [0, 0.1) is 3.57 Å². The molecule has 3 aromatic rings. The topological polar surface area (TPSA) is 22.4 Å². The van der Waals surface area contributed by atoms with Crippen LogP contribution in [0.25, 0.3) is 11.0 Å². The Labute approximate surface area is 131 Å². The Morgan fingerprint density at radius 1 is 1.11 bits per heavy atom. The van der Waals surface area contributed by atoms with E-state index in [9.17, 15) is 0 Å². The maximum absolute atomic E-state index is 5.97. The van der Waals surface area contributed by atoms with Crippen LogP contribution in [0.4, 0.5) is 0 Å². The predicted octanol–water partition coefficient (Wildman–Crippen LogP) is 2.70. The van der Waals surface area contributed by atoms with E-state index in [0.717, 1.165) is 21.4 Å². The van der Waals surface area contributed by atoms with E-state index in [2.05, 4.69) is 46.9 Å². The van der Waals surface area contributed by atoms with Crippen molar-refractivity contribution in [3.8, 4) is 5.75 Å². The van der Waals surface area contributed by atoms with Crippen molar-refractivity contribution < 1.29 is 9.15 Å². The van der Waals surface area contributed by atoms with Crippen LogP contribution in [0.5, 0.6) is 5.75 Å². The SMILES string of the molecule is COc1ccc2oc([Se]c3ccccc3)c(I)c2c1. The predicted molar refractivity (Wildman–Crippen MR) is 86.9 cm³/mol. The fourth-order valence-corrected chi connectivity index (χ4v) is 4.67. The Balaban J connectivity index is 2.03. The van der Waals surface area contributed by atoms with Gasteiger partial charge in [-0.25, -0.2) is 0 Å². The van der Waals surface area contributed by atoms with Crippen molar-refractivity contribution in [1.82, 2.24) is 0 Å². The molecule has 0 radical (unpaired) electrons. The Bertz CT molecular complexity index is 707. The molecular weight excluding hydrogens is 418 g/mol. The van der Waals surface area contributed by atoms with E-state index in [1.54, 1.807) is 7.11 Å². The van der Waals surface area contributed by atoms with Gasteiger partial charge in [-0.1, -0.05) is 0 Å². The number of halogens is 1. The summed E-state index contributed by atoms with van der Waals surface area (Å²) in [5.74, 6) is 0.866. The quantitative estimate of drug-likeness (QED) is 0.472. The Morgan fingerprint density at radius 3 is 2.63 bits per heavy atom. The molecule has 96 valence electrons. The van der Waals surface area contributed by atoms with Gasteiger partial charge < -0.3 is 0 Å². The van der Waals surface area contributed by atoms with Gasteiger partial charge in [0.25, 0.3) is 0 Å². The molecule has 2 nitrogen and oxygen atoms in total. The molecule has 0 saturated heterocycles. The molecule has 19 heavy (non-hydrogen) atoms. The van der Waals surface area contributed by atoms with Crippen molar-refractivity contribution in [1.29, 1.82) is 0 Å². The van der Waals surface area contributed by atoms with Crippen LogP contribution in [0.2, 0.25) is 0 Å². The summed E-state index contributed by atoms with van der Waals surface area (Å²) in [5, 5.41) is 1.13. The number of rotatable bonds is 3. The van der Waals surface area contributed by atoms with Crippen molar-refractivity contribution >= 4 is 57.6 Å². The third kappa shape index (κ3) is 2.66. The number of furan rings is 1. The van der Waals surface area contributed by atoms with Gasteiger partial charge in [0.2, 0.25) is 0 Å². The molecule has 0 atom stereocenters. The molecule has 0 unspecified atom stereocenters. The summed E-state index contributed by atoms with van der Waals surface area (Å²) in [4.78, 5) is 0. The van der Waals surface area contributed by atoms with Gasteiger partial charge in [-0.15, -0.1) is 0 Å². The second-order valence-corrected chi connectivity index (χ2v) is 7.25. The van der Waals surface area contributed by atoms with Gasteiger partial charge in [-0.05, 0) is 0 Å². The van der Waals surface area contributed by atoms with Gasteiger partial charge in [0.15, 0.2) is 0 Å². The number of fused-ring (bicyclic) bond motifs is 1. The van der Waals surface area contributed by atoms with E-state index in [0.29, 0.717) is 0 Å². The zero-order chi connectivity index (χ0) is 13.2. The average molecular weight is 429 g/mol. The third-order valence-electron chi connectivity index (χ3n) is 2.76. The molecule has 3 rings (SSSR count). The minimum atomic E-state index is 0.198. The summed E-state index contributed by atoms with van der Waals surface area (Å²) in [6, 6.07) is 16.4. The van der Waals surface area contributed by atoms with Crippen LogP contribution in [0.1, 0.15) is 0 Å². The first kappa shape index (κ1) is 13.0. The summed E-state index contributed by atoms with van der Waals surface area (Å²) in [5.41, 5.74) is 0.929. The van der Waals surface area contributed by atoms with Crippen molar-refractivity contribution in [3.63, 3.8) is 0 Å².